The van der Waals surface area contributed by atoms with Gasteiger partial charge in [0.2, 0.25) is 0 Å². The number of nitro groups is 1. The predicted molar refractivity (Wildman–Crippen MR) is 54.7 cm³/mol. The quantitative estimate of drug-likeness (QED) is 0.406. The molecule has 0 saturated heterocycles. The Kier molecular flexibility index (Phi) is 2.88. The van der Waals surface area contributed by atoms with Gasteiger partial charge in [-0.15, -0.1) is 6.42 Å². The lowest BCUT2D eigenvalue weighted by molar-refractivity contribution is -0.385. The highest BCUT2D eigenvalue weighted by Gasteiger charge is 2.16. The molecule has 0 saturated carbocycles. The summed E-state index contributed by atoms with van der Waals surface area (Å²) in [4.78, 5) is 10.2. The van der Waals surface area contributed by atoms with Gasteiger partial charge in [0.05, 0.1) is 4.92 Å². The molecule has 0 bridgehead atoms. The highest BCUT2D eigenvalue weighted by molar-refractivity contribution is 5.58. The molecule has 0 spiro atoms. The smallest absolute Gasteiger partial charge is 0.258 e. The summed E-state index contributed by atoms with van der Waals surface area (Å²) < 4.78 is 0. The first kappa shape index (κ1) is 10.3. The molecule has 3 nitrogen and oxygen atoms in total. The number of hydrogen-bond acceptors (Lipinski definition) is 2. The number of nitrogens with zero attached hydrogens (tertiary/aromatic N) is 1. The zero-order valence-electron chi connectivity index (χ0n) is 8.07. The molecule has 0 aromatic heterocycles. The van der Waals surface area contributed by atoms with Gasteiger partial charge in [-0.2, -0.15) is 0 Å². The molecule has 0 fully saturated rings. The van der Waals surface area contributed by atoms with Crippen LogP contribution in [0.25, 0.3) is 0 Å². The third-order valence-corrected chi connectivity index (χ3v) is 1.92. The summed E-state index contributed by atoms with van der Waals surface area (Å²) in [5, 5.41) is 10.7. The summed E-state index contributed by atoms with van der Waals surface area (Å²) in [7, 11) is 0. The van der Waals surface area contributed by atoms with Crippen molar-refractivity contribution < 1.29 is 4.92 Å². The van der Waals surface area contributed by atoms with Crippen LogP contribution in [0.2, 0.25) is 0 Å². The molecule has 0 amide bonds. The molecule has 0 atom stereocenters. The maximum Gasteiger partial charge on any atom is 0.285 e. The van der Waals surface area contributed by atoms with Crippen molar-refractivity contribution in [2.45, 2.75) is 13.8 Å². The maximum absolute atomic E-state index is 10.7. The normalized spacial score (nSPS) is 9.86. The zero-order chi connectivity index (χ0) is 10.7. The number of benzene rings is 1. The summed E-state index contributed by atoms with van der Waals surface area (Å²) in [6.45, 7) is 3.75. The van der Waals surface area contributed by atoms with Crippen molar-refractivity contribution in [3.63, 3.8) is 0 Å². The van der Waals surface area contributed by atoms with Gasteiger partial charge < -0.3 is 0 Å². The van der Waals surface area contributed by atoms with Gasteiger partial charge in [-0.25, -0.2) is 0 Å². The van der Waals surface area contributed by atoms with Crippen molar-refractivity contribution in [2.24, 2.45) is 0 Å². The lowest BCUT2D eigenvalue weighted by Gasteiger charge is -2.07. The van der Waals surface area contributed by atoms with Crippen molar-refractivity contribution >= 4 is 5.69 Å². The zero-order valence-corrected chi connectivity index (χ0v) is 8.07. The third-order valence-electron chi connectivity index (χ3n) is 1.92. The largest absolute Gasteiger partial charge is 0.285 e. The number of terminal acetylenes is 1. The summed E-state index contributed by atoms with van der Waals surface area (Å²) in [6, 6.07) is 4.85. The first-order valence-electron chi connectivity index (χ1n) is 4.12. The van der Waals surface area contributed by atoms with E-state index in [2.05, 4.69) is 5.92 Å². The van der Waals surface area contributed by atoms with Crippen LogP contribution in [0, 0.1) is 28.4 Å². The summed E-state index contributed by atoms with van der Waals surface area (Å²) >= 11 is 0. The topological polar surface area (TPSA) is 43.1 Å². The summed E-state index contributed by atoms with van der Waals surface area (Å²) in [5.41, 5.74) is 1.12. The Balaban J connectivity index is 3.42. The molecular formula is C11H10NO2. The average molecular weight is 188 g/mol. The fourth-order valence-corrected chi connectivity index (χ4v) is 1.26. The van der Waals surface area contributed by atoms with E-state index in [4.69, 9.17) is 6.42 Å². The van der Waals surface area contributed by atoms with Crippen LogP contribution in [0.5, 0.6) is 0 Å². The molecule has 14 heavy (non-hydrogen) atoms. The third kappa shape index (κ3) is 1.74. The van der Waals surface area contributed by atoms with E-state index in [1.165, 1.54) is 6.07 Å². The Morgan fingerprint density at radius 1 is 1.50 bits per heavy atom. The van der Waals surface area contributed by atoms with Crippen LogP contribution in [0.4, 0.5) is 5.69 Å². The van der Waals surface area contributed by atoms with Gasteiger partial charge in [0, 0.05) is 12.0 Å². The fraction of sp³-hybridized carbons (Fsp3) is 0.182. The molecule has 1 radical (unpaired) electrons. The van der Waals surface area contributed by atoms with E-state index in [1.807, 2.05) is 13.8 Å². The minimum absolute atomic E-state index is 0.00815. The minimum Gasteiger partial charge on any atom is -0.258 e. The molecule has 0 N–H and O–H groups in total. The lowest BCUT2D eigenvalue weighted by atomic mass is 9.96. The van der Waals surface area contributed by atoms with Crippen molar-refractivity contribution in [1.82, 2.24) is 0 Å². The molecule has 71 valence electrons. The number of nitro benzene ring substituents is 1. The standard InChI is InChI=1S/C11H10NO2/c1-4-9-10(8(2)3)6-5-7-11(9)12(13)14/h1,5-7H,2-3H3. The van der Waals surface area contributed by atoms with Crippen molar-refractivity contribution in [2.75, 3.05) is 0 Å². The molecule has 0 unspecified atom stereocenters. The maximum atomic E-state index is 10.7. The lowest BCUT2D eigenvalue weighted by Crippen LogP contribution is -1.98. The first-order chi connectivity index (χ1) is 6.57. The van der Waals surface area contributed by atoms with Gasteiger partial charge in [-0.3, -0.25) is 10.1 Å². The Morgan fingerprint density at radius 3 is 2.57 bits per heavy atom. The van der Waals surface area contributed by atoms with Crippen molar-refractivity contribution in [1.29, 1.82) is 0 Å². The highest BCUT2D eigenvalue weighted by Crippen LogP contribution is 2.26. The second kappa shape index (κ2) is 3.93. The van der Waals surface area contributed by atoms with E-state index in [9.17, 15) is 10.1 Å². The number of rotatable bonds is 2. The van der Waals surface area contributed by atoms with E-state index in [0.29, 0.717) is 5.56 Å². The van der Waals surface area contributed by atoms with Crippen LogP contribution in [-0.2, 0) is 0 Å². The Hall–Kier alpha value is -1.82. The molecule has 1 aromatic rings. The monoisotopic (exact) mass is 188 g/mol. The average Bonchev–Trinajstić information content (AvgIpc) is 2.16. The van der Waals surface area contributed by atoms with Gasteiger partial charge in [-0.05, 0) is 5.56 Å². The Labute approximate surface area is 82.9 Å². The van der Waals surface area contributed by atoms with Crippen LogP contribution in [0.3, 0.4) is 0 Å². The fourth-order valence-electron chi connectivity index (χ4n) is 1.26. The molecule has 1 aromatic carbocycles. The highest BCUT2D eigenvalue weighted by atomic mass is 16.6. The molecule has 0 heterocycles. The second-order valence-electron chi connectivity index (χ2n) is 3.10. The molecular weight excluding hydrogens is 178 g/mol. The minimum atomic E-state index is -0.457. The van der Waals surface area contributed by atoms with Crippen molar-refractivity contribution in [3.8, 4) is 12.3 Å². The van der Waals surface area contributed by atoms with E-state index in [1.54, 1.807) is 12.1 Å². The second-order valence-corrected chi connectivity index (χ2v) is 3.10. The van der Waals surface area contributed by atoms with Crippen LogP contribution >= 0.6 is 0 Å². The SMILES string of the molecule is C#Cc1c([C](C)C)cccc1[N+](=O)[O-]. The van der Waals surface area contributed by atoms with Crippen LogP contribution < -0.4 is 0 Å². The number of hydrogen-bond donors (Lipinski definition) is 0. The van der Waals surface area contributed by atoms with Crippen LogP contribution in [0.15, 0.2) is 18.2 Å². The van der Waals surface area contributed by atoms with E-state index in [-0.39, 0.29) is 5.69 Å². The van der Waals surface area contributed by atoms with Gasteiger partial charge in [0.1, 0.15) is 5.56 Å². The van der Waals surface area contributed by atoms with Crippen LogP contribution in [0.1, 0.15) is 25.0 Å². The summed E-state index contributed by atoms with van der Waals surface area (Å²) in [6.07, 6.45) is 5.26. The van der Waals surface area contributed by atoms with E-state index < -0.39 is 4.92 Å². The van der Waals surface area contributed by atoms with Gasteiger partial charge in [-0.1, -0.05) is 31.9 Å². The Morgan fingerprint density at radius 2 is 2.14 bits per heavy atom. The van der Waals surface area contributed by atoms with Gasteiger partial charge >= 0.3 is 0 Å². The van der Waals surface area contributed by atoms with E-state index >= 15 is 0 Å². The molecule has 3 heteroatoms. The van der Waals surface area contributed by atoms with Gasteiger partial charge in [0.15, 0.2) is 0 Å². The first-order valence-corrected chi connectivity index (χ1v) is 4.12. The van der Waals surface area contributed by atoms with Crippen molar-refractivity contribution in [3.05, 3.63) is 45.4 Å². The molecule has 0 aliphatic carbocycles. The molecule has 0 aliphatic rings. The van der Waals surface area contributed by atoms with Crippen LogP contribution in [-0.4, -0.2) is 4.92 Å². The molecule has 0 aliphatic heterocycles. The predicted octanol–water partition coefficient (Wildman–Crippen LogP) is 2.54. The molecule has 1 rings (SSSR count). The Bertz CT molecular complexity index is 402. The summed E-state index contributed by atoms with van der Waals surface area (Å²) in [5.74, 6) is 3.34. The van der Waals surface area contributed by atoms with E-state index in [0.717, 1.165) is 11.5 Å². The van der Waals surface area contributed by atoms with Gasteiger partial charge in [0.25, 0.3) is 5.69 Å².